The van der Waals surface area contributed by atoms with Crippen LogP contribution < -0.4 is 10.2 Å². The van der Waals surface area contributed by atoms with Gasteiger partial charge in [-0.3, -0.25) is 4.79 Å². The van der Waals surface area contributed by atoms with Gasteiger partial charge in [-0.15, -0.1) is 0 Å². The number of nitrogens with one attached hydrogen (secondary N) is 1. The average Bonchev–Trinajstić information content (AvgIpc) is 3.28. The first kappa shape index (κ1) is 23.1. The number of halogens is 1. The lowest BCUT2D eigenvalue weighted by Gasteiger charge is -2.39. The van der Waals surface area contributed by atoms with Crippen LogP contribution in [-0.2, 0) is 5.60 Å². The second-order valence-corrected chi connectivity index (χ2v) is 9.27. The number of benzene rings is 2. The van der Waals surface area contributed by atoms with E-state index < -0.39 is 5.60 Å². The van der Waals surface area contributed by atoms with Gasteiger partial charge in [-0.1, -0.05) is 41.9 Å². The van der Waals surface area contributed by atoms with Gasteiger partial charge in [0.05, 0.1) is 23.0 Å². The maximum atomic E-state index is 12.9. The normalized spacial score (nSPS) is 15.1. The lowest BCUT2D eigenvalue weighted by molar-refractivity contribution is 0.0116. The van der Waals surface area contributed by atoms with Crippen LogP contribution in [0, 0.1) is 6.92 Å². The van der Waals surface area contributed by atoms with Crippen LogP contribution in [0.4, 0.5) is 11.5 Å². The number of carbonyl (C=O) groups excluding carboxylic acids is 1. The standard InChI is InChI=1S/C28H26ClN3O3/c1-19-24(17-25(35-19)20-7-9-22(29)10-8-20)27(33)31-23-11-12-26(30-18-23)32-15-13-28(34,14-16-32)21-5-3-2-4-6-21/h2-12,17-18,34H,13-16H2,1H3,(H,31,33). The quantitative estimate of drug-likeness (QED) is 0.358. The average molecular weight is 488 g/mol. The molecule has 0 spiro atoms. The minimum absolute atomic E-state index is 0.257. The molecule has 6 nitrogen and oxygen atoms in total. The van der Waals surface area contributed by atoms with Crippen molar-refractivity contribution in [3.05, 3.63) is 101 Å². The Hall–Kier alpha value is -3.61. The Labute approximate surface area is 209 Å². The molecular formula is C28H26ClN3O3. The number of rotatable bonds is 5. The molecule has 1 aliphatic rings. The minimum atomic E-state index is -0.807. The Morgan fingerprint density at radius 1 is 1.06 bits per heavy atom. The Kier molecular flexibility index (Phi) is 6.32. The highest BCUT2D eigenvalue weighted by atomic mass is 35.5. The number of aromatic nitrogens is 1. The molecule has 1 saturated heterocycles. The summed E-state index contributed by atoms with van der Waals surface area (Å²) in [6.07, 6.45) is 2.92. The van der Waals surface area contributed by atoms with E-state index in [0.717, 1.165) is 16.9 Å². The van der Waals surface area contributed by atoms with Gasteiger partial charge < -0.3 is 19.7 Å². The number of hydrogen-bond acceptors (Lipinski definition) is 5. The molecule has 7 heteroatoms. The number of anilines is 2. The molecule has 178 valence electrons. The van der Waals surface area contributed by atoms with E-state index in [1.54, 1.807) is 31.3 Å². The highest BCUT2D eigenvalue weighted by molar-refractivity contribution is 6.30. The maximum Gasteiger partial charge on any atom is 0.259 e. The topological polar surface area (TPSA) is 78.6 Å². The first-order valence-electron chi connectivity index (χ1n) is 11.6. The SMILES string of the molecule is Cc1oc(-c2ccc(Cl)cc2)cc1C(=O)Nc1ccc(N2CCC(O)(c3ccccc3)CC2)nc1. The number of pyridine rings is 1. The molecule has 0 bridgehead atoms. The van der Waals surface area contributed by atoms with Crippen molar-refractivity contribution in [2.75, 3.05) is 23.3 Å². The highest BCUT2D eigenvalue weighted by Crippen LogP contribution is 2.34. The molecule has 2 aromatic heterocycles. The van der Waals surface area contributed by atoms with E-state index in [4.69, 9.17) is 16.0 Å². The van der Waals surface area contributed by atoms with Gasteiger partial charge in [0.15, 0.2) is 0 Å². The van der Waals surface area contributed by atoms with Crippen molar-refractivity contribution in [2.45, 2.75) is 25.4 Å². The molecule has 0 unspecified atom stereocenters. The fraction of sp³-hybridized carbons (Fsp3) is 0.214. The predicted octanol–water partition coefficient (Wildman–Crippen LogP) is 6.04. The van der Waals surface area contributed by atoms with Crippen LogP contribution in [0.5, 0.6) is 0 Å². The smallest absolute Gasteiger partial charge is 0.259 e. The van der Waals surface area contributed by atoms with E-state index in [1.165, 1.54) is 0 Å². The summed E-state index contributed by atoms with van der Waals surface area (Å²) >= 11 is 5.96. The number of piperidine rings is 1. The minimum Gasteiger partial charge on any atom is -0.461 e. The van der Waals surface area contributed by atoms with Crippen LogP contribution in [0.2, 0.25) is 5.02 Å². The van der Waals surface area contributed by atoms with Crippen molar-refractivity contribution in [3.63, 3.8) is 0 Å². The predicted molar refractivity (Wildman–Crippen MR) is 138 cm³/mol. The lowest BCUT2D eigenvalue weighted by atomic mass is 9.84. The fourth-order valence-corrected chi connectivity index (χ4v) is 4.58. The molecule has 35 heavy (non-hydrogen) atoms. The van der Waals surface area contributed by atoms with Crippen molar-refractivity contribution in [1.29, 1.82) is 0 Å². The summed E-state index contributed by atoms with van der Waals surface area (Å²) in [7, 11) is 0. The number of aliphatic hydroxyl groups is 1. The van der Waals surface area contributed by atoms with Crippen molar-refractivity contribution in [3.8, 4) is 11.3 Å². The van der Waals surface area contributed by atoms with E-state index in [9.17, 15) is 9.90 Å². The Morgan fingerprint density at radius 3 is 2.43 bits per heavy atom. The van der Waals surface area contributed by atoms with E-state index in [1.807, 2.05) is 54.6 Å². The molecule has 0 saturated carbocycles. The molecule has 0 atom stereocenters. The fourth-order valence-electron chi connectivity index (χ4n) is 4.45. The summed E-state index contributed by atoms with van der Waals surface area (Å²) in [6, 6.07) is 22.6. The van der Waals surface area contributed by atoms with Gasteiger partial charge in [-0.25, -0.2) is 4.98 Å². The first-order valence-corrected chi connectivity index (χ1v) is 12.0. The monoisotopic (exact) mass is 487 g/mol. The van der Waals surface area contributed by atoms with Gasteiger partial charge in [-0.05, 0) is 67.8 Å². The van der Waals surface area contributed by atoms with Crippen molar-refractivity contribution < 1.29 is 14.3 Å². The molecule has 1 aliphatic heterocycles. The zero-order valence-electron chi connectivity index (χ0n) is 19.4. The van der Waals surface area contributed by atoms with Crippen LogP contribution in [0.15, 0.2) is 83.4 Å². The molecule has 3 heterocycles. The number of aryl methyl sites for hydroxylation is 1. The summed E-state index contributed by atoms with van der Waals surface area (Å²) in [6.45, 7) is 3.17. The van der Waals surface area contributed by atoms with Crippen molar-refractivity contribution in [2.24, 2.45) is 0 Å². The Morgan fingerprint density at radius 2 is 1.77 bits per heavy atom. The van der Waals surface area contributed by atoms with Gasteiger partial charge in [0.2, 0.25) is 0 Å². The number of amides is 1. The molecule has 5 rings (SSSR count). The van der Waals surface area contributed by atoms with Crippen molar-refractivity contribution >= 4 is 29.0 Å². The van der Waals surface area contributed by atoms with Gasteiger partial charge in [0.25, 0.3) is 5.91 Å². The third-order valence-electron chi connectivity index (χ3n) is 6.52. The van der Waals surface area contributed by atoms with E-state index in [0.29, 0.717) is 53.7 Å². The number of nitrogens with zero attached hydrogens (tertiary/aromatic N) is 2. The number of carbonyl (C=O) groups is 1. The summed E-state index contributed by atoms with van der Waals surface area (Å²) in [5.41, 5.74) is 2.07. The summed E-state index contributed by atoms with van der Waals surface area (Å²) in [4.78, 5) is 19.6. The molecule has 2 aromatic carbocycles. The van der Waals surface area contributed by atoms with E-state index in [2.05, 4.69) is 15.2 Å². The van der Waals surface area contributed by atoms with Crippen LogP contribution in [0.3, 0.4) is 0 Å². The van der Waals surface area contributed by atoms with Crippen molar-refractivity contribution in [1.82, 2.24) is 4.98 Å². The van der Waals surface area contributed by atoms with Gasteiger partial charge in [0, 0.05) is 23.7 Å². The van der Waals surface area contributed by atoms with Crippen LogP contribution in [0.1, 0.15) is 34.5 Å². The molecule has 1 amide bonds. The van der Waals surface area contributed by atoms with Crippen LogP contribution >= 0.6 is 11.6 Å². The largest absolute Gasteiger partial charge is 0.461 e. The molecule has 1 fully saturated rings. The third kappa shape index (κ3) is 4.94. The molecule has 2 N–H and O–H groups in total. The van der Waals surface area contributed by atoms with E-state index in [-0.39, 0.29) is 5.91 Å². The van der Waals surface area contributed by atoms with Gasteiger partial charge in [0.1, 0.15) is 17.3 Å². The zero-order chi connectivity index (χ0) is 24.4. The Balaban J connectivity index is 1.22. The molecule has 0 radical (unpaired) electrons. The third-order valence-corrected chi connectivity index (χ3v) is 6.77. The molecular weight excluding hydrogens is 462 g/mol. The second-order valence-electron chi connectivity index (χ2n) is 8.83. The number of furan rings is 1. The lowest BCUT2D eigenvalue weighted by Crippen LogP contribution is -2.42. The highest BCUT2D eigenvalue weighted by Gasteiger charge is 2.34. The van der Waals surface area contributed by atoms with E-state index >= 15 is 0 Å². The number of hydrogen-bond donors (Lipinski definition) is 2. The maximum absolute atomic E-state index is 12.9. The summed E-state index contributed by atoms with van der Waals surface area (Å²) in [5, 5.41) is 14.6. The second kappa shape index (κ2) is 9.56. The molecule has 0 aliphatic carbocycles. The molecule has 4 aromatic rings. The summed E-state index contributed by atoms with van der Waals surface area (Å²) < 4.78 is 5.80. The van der Waals surface area contributed by atoms with Crippen LogP contribution in [0.25, 0.3) is 11.3 Å². The first-order chi connectivity index (χ1) is 16.9. The van der Waals surface area contributed by atoms with Gasteiger partial charge >= 0.3 is 0 Å². The zero-order valence-corrected chi connectivity index (χ0v) is 20.1. The Bertz CT molecular complexity index is 1310. The van der Waals surface area contributed by atoms with Crippen LogP contribution in [-0.4, -0.2) is 29.1 Å². The van der Waals surface area contributed by atoms with Gasteiger partial charge in [-0.2, -0.15) is 0 Å². The summed E-state index contributed by atoms with van der Waals surface area (Å²) in [5.74, 6) is 1.71.